The maximum atomic E-state index is 12.8. The van der Waals surface area contributed by atoms with Crippen molar-refractivity contribution in [1.82, 2.24) is 15.6 Å². The van der Waals surface area contributed by atoms with Crippen LogP contribution < -0.4 is 15.5 Å². The molecule has 1 aliphatic heterocycles. The van der Waals surface area contributed by atoms with E-state index in [1.165, 1.54) is 25.7 Å². The first-order valence-corrected chi connectivity index (χ1v) is 12.8. The molecule has 172 valence electrons. The molecular formula is C25H34N4O2S. The van der Waals surface area contributed by atoms with Crippen molar-refractivity contribution in [3.63, 3.8) is 0 Å². The lowest BCUT2D eigenvalue weighted by atomic mass is 10.1. The second-order valence-corrected chi connectivity index (χ2v) is 9.31. The number of aromatic nitrogens is 1. The van der Waals surface area contributed by atoms with Crippen molar-refractivity contribution < 1.29 is 9.59 Å². The minimum Gasteiger partial charge on any atom is -0.357 e. The molecule has 2 N–H and O–H groups in total. The number of aryl methyl sites for hydroxylation is 1. The van der Waals surface area contributed by atoms with Crippen molar-refractivity contribution in [2.75, 3.05) is 30.0 Å². The smallest absolute Gasteiger partial charge is 0.251 e. The first-order chi connectivity index (χ1) is 15.6. The van der Waals surface area contributed by atoms with Gasteiger partial charge in [-0.2, -0.15) is 11.8 Å². The van der Waals surface area contributed by atoms with Crippen LogP contribution in [-0.4, -0.2) is 47.9 Å². The molecule has 1 aromatic heterocycles. The average Bonchev–Trinajstić information content (AvgIpc) is 3.10. The lowest BCUT2D eigenvalue weighted by Crippen LogP contribution is -2.46. The van der Waals surface area contributed by atoms with Gasteiger partial charge in [0.25, 0.3) is 5.91 Å². The maximum absolute atomic E-state index is 12.8. The van der Waals surface area contributed by atoms with Gasteiger partial charge >= 0.3 is 0 Å². The van der Waals surface area contributed by atoms with Crippen LogP contribution in [0.25, 0.3) is 0 Å². The molecule has 32 heavy (non-hydrogen) atoms. The molecule has 1 fully saturated rings. The van der Waals surface area contributed by atoms with E-state index in [4.69, 9.17) is 0 Å². The van der Waals surface area contributed by atoms with Gasteiger partial charge in [0.05, 0.1) is 0 Å². The molecule has 0 spiro atoms. The third kappa shape index (κ3) is 7.26. The summed E-state index contributed by atoms with van der Waals surface area (Å²) in [5.74, 6) is 1.40. The Balaban J connectivity index is 1.56. The predicted octanol–water partition coefficient (Wildman–Crippen LogP) is 3.94. The number of thioether (sulfide) groups is 1. The minimum atomic E-state index is -0.570. The first kappa shape index (κ1) is 24.1. The fraction of sp³-hybridized carbons (Fsp3) is 0.480. The van der Waals surface area contributed by atoms with Gasteiger partial charge in [0.15, 0.2) is 0 Å². The van der Waals surface area contributed by atoms with E-state index in [-0.39, 0.29) is 11.8 Å². The minimum absolute atomic E-state index is 0.170. The Hall–Kier alpha value is -2.54. The van der Waals surface area contributed by atoms with Crippen molar-refractivity contribution >= 4 is 29.4 Å². The molecule has 1 saturated heterocycles. The van der Waals surface area contributed by atoms with Gasteiger partial charge in [0.1, 0.15) is 11.9 Å². The van der Waals surface area contributed by atoms with E-state index in [1.54, 1.807) is 17.8 Å². The maximum Gasteiger partial charge on any atom is 0.251 e. The van der Waals surface area contributed by atoms with Crippen LogP contribution in [0.5, 0.6) is 0 Å². The van der Waals surface area contributed by atoms with Gasteiger partial charge < -0.3 is 15.5 Å². The third-order valence-electron chi connectivity index (χ3n) is 5.72. The summed E-state index contributed by atoms with van der Waals surface area (Å²) in [7, 11) is 0. The van der Waals surface area contributed by atoms with Crippen LogP contribution >= 0.6 is 11.8 Å². The van der Waals surface area contributed by atoms with Gasteiger partial charge in [-0.1, -0.05) is 36.6 Å². The van der Waals surface area contributed by atoms with E-state index in [9.17, 15) is 9.59 Å². The monoisotopic (exact) mass is 454 g/mol. The molecular weight excluding hydrogens is 420 g/mol. The topological polar surface area (TPSA) is 74.3 Å². The molecule has 0 radical (unpaired) electrons. The normalized spacial score (nSPS) is 15.0. The Morgan fingerprint density at radius 2 is 1.91 bits per heavy atom. The van der Waals surface area contributed by atoms with Gasteiger partial charge in [-0.3, -0.25) is 9.59 Å². The molecule has 0 aliphatic carbocycles. The number of anilines is 1. The highest BCUT2D eigenvalue weighted by Gasteiger charge is 2.21. The molecule has 1 unspecified atom stereocenters. The molecule has 2 amide bonds. The molecule has 6 nitrogen and oxygen atoms in total. The van der Waals surface area contributed by atoms with E-state index < -0.39 is 6.04 Å². The highest BCUT2D eigenvalue weighted by molar-refractivity contribution is 7.98. The standard InChI is InChI=1S/C25H34N4O2S/c1-19-8-7-9-21(16-19)24(30)28-22(12-15-32-2)25(31)27-18-20-10-11-23(26-17-20)29-13-5-3-4-6-14-29/h7-11,16-17,22H,3-6,12-15,18H2,1-2H3,(H,27,31)(H,28,30). The van der Waals surface area contributed by atoms with E-state index in [0.717, 1.165) is 35.8 Å². The third-order valence-corrected chi connectivity index (χ3v) is 6.36. The van der Waals surface area contributed by atoms with Crippen LogP contribution in [0.1, 0.15) is 53.6 Å². The summed E-state index contributed by atoms with van der Waals surface area (Å²) < 4.78 is 0. The molecule has 3 rings (SSSR count). The lowest BCUT2D eigenvalue weighted by molar-refractivity contribution is -0.123. The number of hydrogen-bond donors (Lipinski definition) is 2. The molecule has 1 aromatic carbocycles. The fourth-order valence-corrected chi connectivity index (χ4v) is 4.32. The number of benzene rings is 1. The van der Waals surface area contributed by atoms with E-state index in [1.807, 2.05) is 49.7 Å². The van der Waals surface area contributed by atoms with Crippen molar-refractivity contribution in [2.24, 2.45) is 0 Å². The van der Waals surface area contributed by atoms with Crippen molar-refractivity contribution in [2.45, 2.75) is 51.6 Å². The number of carbonyl (C=O) groups is 2. The number of nitrogens with one attached hydrogen (secondary N) is 2. The average molecular weight is 455 g/mol. The highest BCUT2D eigenvalue weighted by Crippen LogP contribution is 2.17. The number of rotatable bonds is 9. The Kier molecular flexibility index (Phi) is 9.41. The number of carbonyl (C=O) groups excluding carboxylic acids is 2. The molecule has 0 bridgehead atoms. The van der Waals surface area contributed by atoms with Gasteiger partial charge in [0.2, 0.25) is 5.91 Å². The second kappa shape index (κ2) is 12.5. The predicted molar refractivity (Wildman–Crippen MR) is 132 cm³/mol. The zero-order chi connectivity index (χ0) is 22.8. The molecule has 1 aliphatic rings. The van der Waals surface area contributed by atoms with Gasteiger partial charge in [0, 0.05) is 31.4 Å². The summed E-state index contributed by atoms with van der Waals surface area (Å²) in [6, 6.07) is 10.9. The first-order valence-electron chi connectivity index (χ1n) is 11.4. The Labute approximate surface area is 195 Å². The number of pyridine rings is 1. The van der Waals surface area contributed by atoms with Crippen LogP contribution in [0.2, 0.25) is 0 Å². The Morgan fingerprint density at radius 3 is 2.56 bits per heavy atom. The lowest BCUT2D eigenvalue weighted by Gasteiger charge is -2.21. The largest absolute Gasteiger partial charge is 0.357 e. The molecule has 2 heterocycles. The summed E-state index contributed by atoms with van der Waals surface area (Å²) in [6.07, 6.45) is 9.42. The summed E-state index contributed by atoms with van der Waals surface area (Å²) in [5, 5.41) is 5.87. The van der Waals surface area contributed by atoms with E-state index in [0.29, 0.717) is 18.5 Å². The quantitative estimate of drug-likeness (QED) is 0.600. The van der Waals surface area contributed by atoms with Crippen molar-refractivity contribution in [3.8, 4) is 0 Å². The number of hydrogen-bond acceptors (Lipinski definition) is 5. The molecule has 1 atom stereocenters. The molecule has 0 saturated carbocycles. The second-order valence-electron chi connectivity index (χ2n) is 8.32. The van der Waals surface area contributed by atoms with Crippen molar-refractivity contribution in [3.05, 3.63) is 59.3 Å². The number of nitrogens with zero attached hydrogens (tertiary/aromatic N) is 2. The van der Waals surface area contributed by atoms with Crippen LogP contribution in [0.3, 0.4) is 0 Å². The van der Waals surface area contributed by atoms with Gasteiger partial charge in [-0.15, -0.1) is 0 Å². The van der Waals surface area contributed by atoms with Crippen LogP contribution in [0.4, 0.5) is 5.82 Å². The molecule has 2 aromatic rings. The summed E-state index contributed by atoms with van der Waals surface area (Å²) in [5.41, 5.74) is 2.53. The summed E-state index contributed by atoms with van der Waals surface area (Å²) in [6.45, 7) is 4.45. The van der Waals surface area contributed by atoms with Crippen LogP contribution in [-0.2, 0) is 11.3 Å². The van der Waals surface area contributed by atoms with Crippen LogP contribution in [0.15, 0.2) is 42.6 Å². The fourth-order valence-electron chi connectivity index (χ4n) is 3.85. The Morgan fingerprint density at radius 1 is 1.12 bits per heavy atom. The van der Waals surface area contributed by atoms with Gasteiger partial charge in [-0.25, -0.2) is 4.98 Å². The summed E-state index contributed by atoms with van der Waals surface area (Å²) in [4.78, 5) is 32.4. The zero-order valence-electron chi connectivity index (χ0n) is 19.1. The zero-order valence-corrected chi connectivity index (χ0v) is 19.9. The molecule has 7 heteroatoms. The summed E-state index contributed by atoms with van der Waals surface area (Å²) >= 11 is 1.66. The number of amides is 2. The van der Waals surface area contributed by atoms with E-state index >= 15 is 0 Å². The van der Waals surface area contributed by atoms with E-state index in [2.05, 4.69) is 20.5 Å². The SMILES string of the molecule is CSCCC(NC(=O)c1cccc(C)c1)C(=O)NCc1ccc(N2CCCCCC2)nc1. The van der Waals surface area contributed by atoms with Crippen molar-refractivity contribution in [1.29, 1.82) is 0 Å². The highest BCUT2D eigenvalue weighted by atomic mass is 32.2. The van der Waals surface area contributed by atoms with Crippen LogP contribution in [0, 0.1) is 6.92 Å². The van der Waals surface area contributed by atoms with Gasteiger partial charge in [-0.05, 0) is 62.0 Å². The Bertz CT molecular complexity index is 880.